The van der Waals surface area contributed by atoms with Gasteiger partial charge < -0.3 is 26.0 Å². The number of hydrogen-bond donors (Lipinski definition) is 3. The van der Waals surface area contributed by atoms with Crippen LogP contribution in [0.15, 0.2) is 48.5 Å². The van der Waals surface area contributed by atoms with Gasteiger partial charge in [-0.1, -0.05) is 12.1 Å². The number of nitrogen functional groups attached to an aromatic ring is 1. The molecule has 0 radical (unpaired) electrons. The van der Waals surface area contributed by atoms with Crippen molar-refractivity contribution >= 4 is 22.9 Å². The van der Waals surface area contributed by atoms with E-state index < -0.39 is 17.9 Å². The van der Waals surface area contributed by atoms with E-state index in [1.54, 1.807) is 36.4 Å². The molecule has 0 amide bonds. The number of hydrogen-bond acceptors (Lipinski definition) is 7. The normalized spacial score (nSPS) is 17.1. The Morgan fingerprint density at radius 3 is 2.31 bits per heavy atom. The van der Waals surface area contributed by atoms with Crippen molar-refractivity contribution in [1.29, 1.82) is 0 Å². The van der Waals surface area contributed by atoms with Crippen LogP contribution < -0.4 is 21.3 Å². The van der Waals surface area contributed by atoms with Gasteiger partial charge in [0.2, 0.25) is 5.66 Å². The van der Waals surface area contributed by atoms with E-state index >= 15 is 0 Å². The van der Waals surface area contributed by atoms with Crippen LogP contribution in [-0.4, -0.2) is 42.7 Å². The highest BCUT2D eigenvalue weighted by atomic mass is 19.3. The Hall–Kier alpha value is -3.53. The van der Waals surface area contributed by atoms with Crippen LogP contribution in [-0.2, 0) is 10.4 Å². The number of ether oxygens (including phenoxy) is 1. The van der Waals surface area contributed by atoms with Crippen LogP contribution in [0.1, 0.15) is 5.69 Å². The van der Waals surface area contributed by atoms with E-state index in [1.165, 1.54) is 12.1 Å². The van der Waals surface area contributed by atoms with Crippen molar-refractivity contribution in [2.45, 2.75) is 12.1 Å². The largest absolute Gasteiger partial charge is 0.396 e. The molecule has 10 heteroatoms. The maximum absolute atomic E-state index is 14.6. The summed E-state index contributed by atoms with van der Waals surface area (Å²) in [4.78, 5) is 10.9. The topological polar surface area (TPSA) is 88.3 Å². The summed E-state index contributed by atoms with van der Waals surface area (Å²) in [7, 11) is 0. The number of alkyl halides is 2. The smallest absolute Gasteiger partial charge is 0.285 e. The van der Waals surface area contributed by atoms with Gasteiger partial charge in [-0.2, -0.15) is 0 Å². The molecule has 0 bridgehead atoms. The molecule has 2 aromatic carbocycles. The molecule has 2 aliphatic rings. The highest BCUT2D eigenvalue weighted by molar-refractivity contribution is 5.77. The number of fused-ring (bicyclic) bond motifs is 1. The van der Waals surface area contributed by atoms with Crippen molar-refractivity contribution < 1.29 is 17.9 Å². The molecule has 166 valence electrons. The summed E-state index contributed by atoms with van der Waals surface area (Å²) in [6.45, 7) is 2.09. The van der Waals surface area contributed by atoms with Crippen molar-refractivity contribution in [2.75, 3.05) is 47.6 Å². The molecule has 1 fully saturated rings. The third-order valence-corrected chi connectivity index (χ3v) is 5.63. The van der Waals surface area contributed by atoms with E-state index in [9.17, 15) is 13.2 Å². The van der Waals surface area contributed by atoms with E-state index in [1.807, 2.05) is 4.90 Å². The molecule has 1 aromatic heterocycles. The molecule has 3 aromatic rings. The Labute approximate surface area is 182 Å². The van der Waals surface area contributed by atoms with Gasteiger partial charge in [-0.25, -0.2) is 23.1 Å². The number of anilines is 4. The van der Waals surface area contributed by atoms with Gasteiger partial charge in [-0.15, -0.1) is 0 Å². The van der Waals surface area contributed by atoms with Gasteiger partial charge >= 0.3 is 0 Å². The molecule has 7 nitrogen and oxygen atoms in total. The standard InChI is InChI=1S/C22H21F3N6O/c23-14-11-13(5-6-15(14)26)20-27-18(12-19(28-20)31-7-9-32-10-8-31)22(21(24)25)29-16-3-1-2-4-17(16)30-22/h1-6,11-12,21,29-30H,7-10,26H2. The van der Waals surface area contributed by atoms with Crippen LogP contribution in [0.3, 0.4) is 0 Å². The van der Waals surface area contributed by atoms with Crippen LogP contribution in [0.25, 0.3) is 11.4 Å². The zero-order chi connectivity index (χ0) is 22.3. The molecular formula is C22H21F3N6O. The molecule has 5 rings (SSSR count). The average Bonchev–Trinajstić information content (AvgIpc) is 3.22. The summed E-state index contributed by atoms with van der Waals surface area (Å²) in [5.41, 5.74) is 5.09. The first-order chi connectivity index (χ1) is 15.5. The average molecular weight is 442 g/mol. The zero-order valence-electron chi connectivity index (χ0n) is 17.0. The second kappa shape index (κ2) is 7.86. The molecule has 1 saturated heterocycles. The quantitative estimate of drug-likeness (QED) is 0.532. The van der Waals surface area contributed by atoms with Gasteiger partial charge in [0, 0.05) is 24.7 Å². The first kappa shape index (κ1) is 20.4. The molecule has 2 aliphatic heterocycles. The lowest BCUT2D eigenvalue weighted by atomic mass is 10.1. The van der Waals surface area contributed by atoms with Crippen molar-refractivity contribution in [2.24, 2.45) is 0 Å². The second-order valence-electron chi connectivity index (χ2n) is 7.67. The molecule has 4 N–H and O–H groups in total. The predicted molar refractivity (Wildman–Crippen MR) is 116 cm³/mol. The van der Waals surface area contributed by atoms with E-state index in [2.05, 4.69) is 20.6 Å². The first-order valence-corrected chi connectivity index (χ1v) is 10.2. The second-order valence-corrected chi connectivity index (χ2v) is 7.67. The predicted octanol–water partition coefficient (Wildman–Crippen LogP) is 3.66. The molecule has 0 unspecified atom stereocenters. The summed E-state index contributed by atoms with van der Waals surface area (Å²) in [5, 5.41) is 5.81. The molecular weight excluding hydrogens is 421 g/mol. The number of halogens is 3. The van der Waals surface area contributed by atoms with Gasteiger partial charge in [-0.3, -0.25) is 0 Å². The molecule has 0 aliphatic carbocycles. The van der Waals surface area contributed by atoms with Crippen LogP contribution in [0.4, 0.5) is 36.1 Å². The summed E-state index contributed by atoms with van der Waals surface area (Å²) in [6, 6.07) is 12.7. The SMILES string of the molecule is Nc1ccc(-c2nc(N3CCOCC3)cc(C3(C(F)F)Nc4ccccc4N3)n2)cc1F. The molecule has 0 spiro atoms. The van der Waals surface area contributed by atoms with Crippen molar-refractivity contribution in [1.82, 2.24) is 9.97 Å². The lowest BCUT2D eigenvalue weighted by Gasteiger charge is -2.32. The maximum atomic E-state index is 14.6. The number of nitrogens with one attached hydrogen (secondary N) is 2. The molecule has 0 saturated carbocycles. The molecule has 0 atom stereocenters. The number of benzene rings is 2. The summed E-state index contributed by atoms with van der Waals surface area (Å²) in [5.74, 6) is -0.0369. The minimum absolute atomic E-state index is 0.0167. The Bertz CT molecular complexity index is 1130. The minimum Gasteiger partial charge on any atom is -0.396 e. The Kier molecular flexibility index (Phi) is 5.01. The fraction of sp³-hybridized carbons (Fsp3) is 0.273. The van der Waals surface area contributed by atoms with E-state index in [4.69, 9.17) is 10.5 Å². The van der Waals surface area contributed by atoms with Gasteiger partial charge in [0.15, 0.2) is 5.82 Å². The lowest BCUT2D eigenvalue weighted by Crippen LogP contribution is -2.47. The number of nitrogens with zero attached hydrogens (tertiary/aromatic N) is 3. The van der Waals surface area contributed by atoms with Crippen molar-refractivity contribution in [3.05, 3.63) is 60.0 Å². The zero-order valence-corrected chi connectivity index (χ0v) is 17.0. The third kappa shape index (κ3) is 3.46. The van der Waals surface area contributed by atoms with Crippen molar-refractivity contribution in [3.63, 3.8) is 0 Å². The molecule has 3 heterocycles. The van der Waals surface area contributed by atoms with E-state index in [0.717, 1.165) is 0 Å². The Morgan fingerprint density at radius 2 is 1.69 bits per heavy atom. The van der Waals surface area contributed by atoms with Gasteiger partial charge in [0.1, 0.15) is 11.6 Å². The van der Waals surface area contributed by atoms with Gasteiger partial charge in [0.05, 0.1) is 36.0 Å². The van der Waals surface area contributed by atoms with E-state index in [0.29, 0.717) is 49.1 Å². The number of nitrogens with two attached hydrogens (primary N) is 1. The van der Waals surface area contributed by atoms with Gasteiger partial charge in [0.25, 0.3) is 6.43 Å². The van der Waals surface area contributed by atoms with Gasteiger partial charge in [-0.05, 0) is 30.3 Å². The van der Waals surface area contributed by atoms with Crippen molar-refractivity contribution in [3.8, 4) is 11.4 Å². The third-order valence-electron chi connectivity index (χ3n) is 5.63. The fourth-order valence-corrected chi connectivity index (χ4v) is 3.89. The van der Waals surface area contributed by atoms with Crippen LogP contribution in [0.5, 0.6) is 0 Å². The van der Waals surface area contributed by atoms with Crippen LogP contribution in [0.2, 0.25) is 0 Å². The maximum Gasteiger partial charge on any atom is 0.285 e. The number of aromatic nitrogens is 2. The number of rotatable bonds is 4. The highest BCUT2D eigenvalue weighted by Crippen LogP contribution is 2.43. The van der Waals surface area contributed by atoms with E-state index in [-0.39, 0.29) is 17.2 Å². The summed E-state index contributed by atoms with van der Waals surface area (Å²) < 4.78 is 48.7. The minimum atomic E-state index is -2.85. The van der Waals surface area contributed by atoms with Crippen LogP contribution in [0, 0.1) is 5.82 Å². The molecule has 32 heavy (non-hydrogen) atoms. The Morgan fingerprint density at radius 1 is 1.00 bits per heavy atom. The monoisotopic (exact) mass is 442 g/mol. The van der Waals surface area contributed by atoms with Crippen LogP contribution >= 0.6 is 0 Å². The highest BCUT2D eigenvalue weighted by Gasteiger charge is 2.48. The summed E-state index contributed by atoms with van der Waals surface area (Å²) >= 11 is 0. The number of para-hydroxylation sites is 2. The fourth-order valence-electron chi connectivity index (χ4n) is 3.89. The lowest BCUT2D eigenvalue weighted by molar-refractivity contribution is 0.0795. The Balaban J connectivity index is 1.66. The number of morpholine rings is 1. The first-order valence-electron chi connectivity index (χ1n) is 10.2. The summed E-state index contributed by atoms with van der Waals surface area (Å²) in [6.07, 6.45) is -2.85.